The second-order valence-electron chi connectivity index (χ2n) is 2.19. The van der Waals surface area contributed by atoms with E-state index in [0.717, 1.165) is 0 Å². The second kappa shape index (κ2) is 6.56. The Balaban J connectivity index is 4.43. The minimum absolute atomic E-state index is 0.167. The van der Waals surface area contributed by atoms with Gasteiger partial charge in [0.25, 0.3) is 0 Å². The molecular formula is C6H12N3O4P. The van der Waals surface area contributed by atoms with Gasteiger partial charge in [0, 0.05) is 4.91 Å². The van der Waals surface area contributed by atoms with Gasteiger partial charge in [0.05, 0.1) is 13.2 Å². The van der Waals surface area contributed by atoms with Crippen LogP contribution in [0.25, 0.3) is 10.4 Å². The molecule has 0 fully saturated rings. The molecule has 0 aliphatic heterocycles. The minimum Gasteiger partial charge on any atom is -0.309 e. The van der Waals surface area contributed by atoms with E-state index in [1.807, 2.05) is 0 Å². The maximum absolute atomic E-state index is 11.6. The lowest BCUT2D eigenvalue weighted by atomic mass is 10.8. The molecule has 8 heteroatoms. The Labute approximate surface area is 81.5 Å². The van der Waals surface area contributed by atoms with Crippen molar-refractivity contribution in [2.24, 2.45) is 5.11 Å². The molecule has 1 amide bonds. The van der Waals surface area contributed by atoms with Crippen LogP contribution in [0, 0.1) is 0 Å². The first-order chi connectivity index (χ1) is 6.58. The van der Waals surface area contributed by atoms with Gasteiger partial charge in [-0.1, -0.05) is 0 Å². The van der Waals surface area contributed by atoms with Crippen molar-refractivity contribution in [3.8, 4) is 0 Å². The number of rotatable bonds is 6. The largest absolute Gasteiger partial charge is 0.338 e. The van der Waals surface area contributed by atoms with Crippen LogP contribution in [0.4, 0.5) is 0 Å². The summed E-state index contributed by atoms with van der Waals surface area (Å²) in [6.45, 7) is 3.59. The van der Waals surface area contributed by atoms with Crippen molar-refractivity contribution in [3.05, 3.63) is 10.4 Å². The monoisotopic (exact) mass is 221 g/mol. The fraction of sp³-hybridized carbons (Fsp3) is 0.833. The number of hydrogen-bond acceptors (Lipinski definition) is 4. The van der Waals surface area contributed by atoms with E-state index in [1.54, 1.807) is 13.8 Å². The molecule has 80 valence electrons. The highest BCUT2D eigenvalue weighted by molar-refractivity contribution is 7.54. The average molecular weight is 221 g/mol. The van der Waals surface area contributed by atoms with Crippen LogP contribution in [0.3, 0.4) is 0 Å². The first kappa shape index (κ1) is 13.1. The third kappa shape index (κ3) is 4.99. The quantitative estimate of drug-likeness (QED) is 0.296. The molecule has 0 saturated carbocycles. The van der Waals surface area contributed by atoms with Crippen LogP contribution in [0.15, 0.2) is 5.11 Å². The molecule has 0 aromatic carbocycles. The van der Waals surface area contributed by atoms with E-state index in [0.29, 0.717) is 0 Å². The number of hydrogen-bond donors (Lipinski definition) is 0. The van der Waals surface area contributed by atoms with Gasteiger partial charge in [0.15, 0.2) is 0 Å². The fourth-order valence-corrected chi connectivity index (χ4v) is 2.21. The molecule has 0 spiro atoms. The predicted molar refractivity (Wildman–Crippen MR) is 49.9 cm³/mol. The Morgan fingerprint density at radius 1 is 1.43 bits per heavy atom. The molecule has 0 rings (SSSR count). The van der Waals surface area contributed by atoms with Crippen molar-refractivity contribution >= 4 is 13.5 Å². The summed E-state index contributed by atoms with van der Waals surface area (Å²) in [4.78, 5) is 13.1. The molecule has 0 aliphatic carbocycles. The summed E-state index contributed by atoms with van der Waals surface area (Å²) in [6.07, 6.45) is -0.515. The van der Waals surface area contributed by atoms with Crippen molar-refractivity contribution in [2.45, 2.75) is 13.8 Å². The van der Waals surface area contributed by atoms with Gasteiger partial charge in [-0.2, -0.15) is 0 Å². The van der Waals surface area contributed by atoms with E-state index >= 15 is 0 Å². The van der Waals surface area contributed by atoms with Gasteiger partial charge in [0.1, 0.15) is 6.16 Å². The lowest BCUT2D eigenvalue weighted by Crippen LogP contribution is -2.07. The highest BCUT2D eigenvalue weighted by Crippen LogP contribution is 2.47. The zero-order chi connectivity index (χ0) is 11.0. The fourth-order valence-electron chi connectivity index (χ4n) is 0.769. The Morgan fingerprint density at radius 2 is 1.93 bits per heavy atom. The van der Waals surface area contributed by atoms with Crippen LogP contribution in [0.1, 0.15) is 13.8 Å². The topological polar surface area (TPSA) is 101 Å². The SMILES string of the molecule is CCOP(=O)(CC(=O)N=[N+]=[N-])OCC. The third-order valence-electron chi connectivity index (χ3n) is 1.14. The minimum atomic E-state index is -3.42. The molecule has 0 N–H and O–H groups in total. The summed E-state index contributed by atoms with van der Waals surface area (Å²) in [5, 5.41) is 2.78. The molecule has 0 saturated heterocycles. The van der Waals surface area contributed by atoms with E-state index in [9.17, 15) is 9.36 Å². The van der Waals surface area contributed by atoms with Crippen LogP contribution in [0.5, 0.6) is 0 Å². The van der Waals surface area contributed by atoms with Crippen LogP contribution in [0.2, 0.25) is 0 Å². The normalized spacial score (nSPS) is 10.7. The summed E-state index contributed by atoms with van der Waals surface area (Å²) < 4.78 is 21.3. The highest BCUT2D eigenvalue weighted by Gasteiger charge is 2.26. The van der Waals surface area contributed by atoms with Gasteiger partial charge in [-0.15, -0.1) is 0 Å². The van der Waals surface area contributed by atoms with Crippen molar-refractivity contribution < 1.29 is 18.4 Å². The molecule has 0 atom stereocenters. The highest BCUT2D eigenvalue weighted by atomic mass is 31.2. The molecule has 0 radical (unpaired) electrons. The van der Waals surface area contributed by atoms with E-state index in [2.05, 4.69) is 10.0 Å². The lowest BCUT2D eigenvalue weighted by molar-refractivity contribution is -0.115. The molecule has 0 aromatic heterocycles. The molecule has 0 bridgehead atoms. The number of carbonyl (C=O) groups excluding carboxylic acids is 1. The molecule has 0 unspecified atom stereocenters. The molecule has 14 heavy (non-hydrogen) atoms. The van der Waals surface area contributed by atoms with Gasteiger partial charge < -0.3 is 9.05 Å². The maximum Gasteiger partial charge on any atom is 0.338 e. The Morgan fingerprint density at radius 3 is 2.29 bits per heavy atom. The van der Waals surface area contributed by atoms with E-state index in [1.165, 1.54) is 0 Å². The van der Waals surface area contributed by atoms with Crippen molar-refractivity contribution in [1.29, 1.82) is 0 Å². The Kier molecular flexibility index (Phi) is 6.16. The van der Waals surface area contributed by atoms with Crippen LogP contribution >= 0.6 is 7.60 Å². The maximum atomic E-state index is 11.6. The first-order valence-electron chi connectivity index (χ1n) is 4.04. The van der Waals surface area contributed by atoms with Crippen molar-refractivity contribution in [2.75, 3.05) is 19.4 Å². The number of amides is 1. The average Bonchev–Trinajstić information content (AvgIpc) is 2.04. The Bertz CT molecular complexity index is 277. The van der Waals surface area contributed by atoms with E-state index in [4.69, 9.17) is 14.6 Å². The summed E-state index contributed by atoms with van der Waals surface area (Å²) in [5.74, 6) is -0.849. The predicted octanol–water partition coefficient (Wildman–Crippen LogP) is 2.09. The standard InChI is InChI=1S/C6H12N3O4P/c1-3-12-14(11,13-4-2)5-6(10)8-9-7/h3-5H2,1-2H3. The van der Waals surface area contributed by atoms with Crippen LogP contribution < -0.4 is 0 Å². The number of nitrogens with zero attached hydrogens (tertiary/aromatic N) is 3. The number of azide groups is 1. The summed E-state index contributed by atoms with van der Waals surface area (Å²) in [7, 11) is -3.42. The summed E-state index contributed by atoms with van der Waals surface area (Å²) >= 11 is 0. The van der Waals surface area contributed by atoms with Crippen LogP contribution in [-0.2, 0) is 18.4 Å². The first-order valence-corrected chi connectivity index (χ1v) is 5.76. The van der Waals surface area contributed by atoms with Gasteiger partial charge in [0.2, 0.25) is 5.91 Å². The van der Waals surface area contributed by atoms with Crippen LogP contribution in [-0.4, -0.2) is 25.3 Å². The molecule has 0 heterocycles. The zero-order valence-corrected chi connectivity index (χ0v) is 8.94. The molecular weight excluding hydrogens is 209 g/mol. The van der Waals surface area contributed by atoms with Crippen molar-refractivity contribution in [3.63, 3.8) is 0 Å². The number of carbonyl (C=O) groups is 1. The second-order valence-corrected chi connectivity index (χ2v) is 4.24. The third-order valence-corrected chi connectivity index (χ3v) is 3.10. The molecule has 0 aliphatic rings. The molecule has 7 nitrogen and oxygen atoms in total. The zero-order valence-electron chi connectivity index (χ0n) is 8.04. The summed E-state index contributed by atoms with van der Waals surface area (Å²) in [6, 6.07) is 0. The van der Waals surface area contributed by atoms with Gasteiger partial charge in [-0.25, -0.2) is 0 Å². The smallest absolute Gasteiger partial charge is 0.309 e. The molecule has 0 aromatic rings. The van der Waals surface area contributed by atoms with Crippen molar-refractivity contribution in [1.82, 2.24) is 0 Å². The van der Waals surface area contributed by atoms with Gasteiger partial charge >= 0.3 is 7.60 Å². The summed E-state index contributed by atoms with van der Waals surface area (Å²) in [5.41, 5.74) is 7.96. The van der Waals surface area contributed by atoms with Gasteiger partial charge in [-0.3, -0.25) is 9.36 Å². The van der Waals surface area contributed by atoms with Gasteiger partial charge in [-0.05, 0) is 24.5 Å². The van der Waals surface area contributed by atoms with E-state index in [-0.39, 0.29) is 13.2 Å². The Hall–Kier alpha value is -0.870. The van der Waals surface area contributed by atoms with E-state index < -0.39 is 19.7 Å². The lowest BCUT2D eigenvalue weighted by Gasteiger charge is -2.14.